The zero-order chi connectivity index (χ0) is 15.4. The number of ether oxygens (including phenoxy) is 1. The predicted molar refractivity (Wildman–Crippen MR) is 77.9 cm³/mol. The molecule has 0 aliphatic carbocycles. The number of nitro benzene ring substituents is 1. The highest BCUT2D eigenvalue weighted by atomic mass is 32.2. The van der Waals surface area contributed by atoms with Crippen molar-refractivity contribution >= 4 is 17.4 Å². The average molecular weight is 309 g/mol. The molecule has 0 unspecified atom stereocenters. The summed E-state index contributed by atoms with van der Waals surface area (Å²) in [7, 11) is 0. The van der Waals surface area contributed by atoms with Crippen LogP contribution in [0.25, 0.3) is 0 Å². The first-order valence-electron chi connectivity index (χ1n) is 6.35. The van der Waals surface area contributed by atoms with Crippen LogP contribution in [-0.4, -0.2) is 26.4 Å². The summed E-state index contributed by atoms with van der Waals surface area (Å²) in [6.07, 6.45) is 0.675. The molecule has 2 N–H and O–H groups in total. The van der Waals surface area contributed by atoms with Crippen LogP contribution in [0.4, 0.5) is 5.69 Å². The molecule has 0 saturated carbocycles. The molecule has 1 heterocycles. The van der Waals surface area contributed by atoms with Crippen LogP contribution >= 0.6 is 11.8 Å². The van der Waals surface area contributed by atoms with Crippen LogP contribution in [0.15, 0.2) is 28.3 Å². The molecule has 0 amide bonds. The minimum atomic E-state index is -0.472. The van der Waals surface area contributed by atoms with Crippen LogP contribution in [0.5, 0.6) is 5.75 Å². The van der Waals surface area contributed by atoms with E-state index in [1.807, 2.05) is 6.92 Å². The molecule has 9 heteroatoms. The van der Waals surface area contributed by atoms with E-state index in [0.717, 1.165) is 4.90 Å². The van der Waals surface area contributed by atoms with Gasteiger partial charge in [-0.2, -0.15) is 0 Å². The lowest BCUT2D eigenvalue weighted by Gasteiger charge is -2.06. The second kappa shape index (κ2) is 6.44. The summed E-state index contributed by atoms with van der Waals surface area (Å²) in [4.78, 5) is 11.2. The van der Waals surface area contributed by atoms with E-state index in [1.54, 1.807) is 19.1 Å². The summed E-state index contributed by atoms with van der Waals surface area (Å²) in [6.45, 7) is 4.05. The largest absolute Gasteiger partial charge is 0.487 e. The molecular formula is C12H15N5O3S. The summed E-state index contributed by atoms with van der Waals surface area (Å²) in [5, 5.41) is 19.4. The van der Waals surface area contributed by atoms with Gasteiger partial charge in [-0.05, 0) is 24.8 Å². The van der Waals surface area contributed by atoms with Crippen molar-refractivity contribution in [1.82, 2.24) is 14.9 Å². The topological polar surface area (TPSA) is 109 Å². The van der Waals surface area contributed by atoms with E-state index in [2.05, 4.69) is 10.2 Å². The summed E-state index contributed by atoms with van der Waals surface area (Å²) in [5.74, 6) is 6.77. The summed E-state index contributed by atoms with van der Waals surface area (Å²) in [5.41, 5.74) is -0.0651. The zero-order valence-electron chi connectivity index (χ0n) is 11.6. The predicted octanol–water partition coefficient (Wildman–Crippen LogP) is 2.01. The van der Waals surface area contributed by atoms with Gasteiger partial charge < -0.3 is 10.6 Å². The smallest absolute Gasteiger partial charge is 0.310 e. The van der Waals surface area contributed by atoms with Gasteiger partial charge in [0.25, 0.3) is 0 Å². The minimum absolute atomic E-state index is 0.0651. The maximum absolute atomic E-state index is 10.9. The third-order valence-electron chi connectivity index (χ3n) is 2.69. The SMILES string of the molecule is CCOc1cc(Sc2nnc(CC)n2N)ccc1[N+](=O)[O-]. The van der Waals surface area contributed by atoms with Gasteiger partial charge >= 0.3 is 5.69 Å². The fourth-order valence-corrected chi connectivity index (χ4v) is 2.50. The van der Waals surface area contributed by atoms with Gasteiger partial charge in [-0.15, -0.1) is 10.2 Å². The number of aromatic nitrogens is 3. The van der Waals surface area contributed by atoms with Crippen LogP contribution in [0.1, 0.15) is 19.7 Å². The van der Waals surface area contributed by atoms with Gasteiger partial charge in [-0.1, -0.05) is 6.92 Å². The van der Waals surface area contributed by atoms with Crippen molar-refractivity contribution in [3.05, 3.63) is 34.1 Å². The van der Waals surface area contributed by atoms with Crippen molar-refractivity contribution in [3.8, 4) is 5.75 Å². The number of nitrogens with zero attached hydrogens (tertiary/aromatic N) is 4. The standard InChI is InChI=1S/C12H15N5O3S/c1-3-11-14-15-12(16(11)13)21-8-5-6-9(17(18)19)10(7-8)20-4-2/h5-7H,3-4,13H2,1-2H3. The Morgan fingerprint density at radius 2 is 2.19 bits per heavy atom. The molecule has 0 saturated heterocycles. The quantitative estimate of drug-likeness (QED) is 0.494. The highest BCUT2D eigenvalue weighted by Crippen LogP contribution is 2.34. The molecule has 0 atom stereocenters. The monoisotopic (exact) mass is 309 g/mol. The highest BCUT2D eigenvalue weighted by Gasteiger charge is 2.17. The van der Waals surface area contributed by atoms with Gasteiger partial charge in [0.2, 0.25) is 5.16 Å². The van der Waals surface area contributed by atoms with Crippen molar-refractivity contribution in [2.45, 2.75) is 30.3 Å². The van der Waals surface area contributed by atoms with Crippen LogP contribution in [0, 0.1) is 10.1 Å². The molecule has 0 radical (unpaired) electrons. The van der Waals surface area contributed by atoms with E-state index >= 15 is 0 Å². The number of nitrogen functional groups attached to an aromatic ring is 1. The summed E-state index contributed by atoms with van der Waals surface area (Å²) < 4.78 is 6.71. The van der Waals surface area contributed by atoms with Gasteiger partial charge in [0, 0.05) is 23.4 Å². The number of hydrogen-bond acceptors (Lipinski definition) is 7. The Morgan fingerprint density at radius 3 is 2.76 bits per heavy atom. The Labute approximate surface area is 125 Å². The highest BCUT2D eigenvalue weighted by molar-refractivity contribution is 7.99. The number of rotatable bonds is 6. The van der Waals surface area contributed by atoms with Crippen molar-refractivity contribution in [1.29, 1.82) is 0 Å². The fourth-order valence-electron chi connectivity index (χ4n) is 1.70. The Morgan fingerprint density at radius 1 is 1.43 bits per heavy atom. The number of benzene rings is 1. The maximum Gasteiger partial charge on any atom is 0.310 e. The molecule has 112 valence electrons. The molecule has 0 fully saturated rings. The second-order valence-electron chi connectivity index (χ2n) is 4.04. The third-order valence-corrected chi connectivity index (χ3v) is 3.64. The molecule has 1 aromatic carbocycles. The number of nitro groups is 1. The van der Waals surface area contributed by atoms with E-state index in [9.17, 15) is 10.1 Å². The second-order valence-corrected chi connectivity index (χ2v) is 5.08. The molecule has 21 heavy (non-hydrogen) atoms. The van der Waals surface area contributed by atoms with E-state index in [4.69, 9.17) is 10.6 Å². The van der Waals surface area contributed by atoms with Crippen molar-refractivity contribution in [2.75, 3.05) is 12.4 Å². The first kappa shape index (κ1) is 15.1. The number of nitrogens with two attached hydrogens (primary N) is 1. The first-order chi connectivity index (χ1) is 10.1. The lowest BCUT2D eigenvalue weighted by atomic mass is 10.3. The molecule has 0 bridgehead atoms. The normalized spacial score (nSPS) is 10.6. The van der Waals surface area contributed by atoms with Crippen LogP contribution < -0.4 is 10.6 Å². The van der Waals surface area contributed by atoms with Gasteiger partial charge in [0.05, 0.1) is 11.5 Å². The van der Waals surface area contributed by atoms with E-state index < -0.39 is 4.92 Å². The van der Waals surface area contributed by atoms with Crippen molar-refractivity contribution in [2.24, 2.45) is 0 Å². The average Bonchev–Trinajstić information content (AvgIpc) is 2.80. The number of hydrogen-bond donors (Lipinski definition) is 1. The lowest BCUT2D eigenvalue weighted by molar-refractivity contribution is -0.385. The molecule has 8 nitrogen and oxygen atoms in total. The van der Waals surface area contributed by atoms with Crippen molar-refractivity contribution in [3.63, 3.8) is 0 Å². The van der Waals surface area contributed by atoms with E-state index in [-0.39, 0.29) is 11.4 Å². The lowest BCUT2D eigenvalue weighted by Crippen LogP contribution is -2.13. The fraction of sp³-hybridized carbons (Fsp3) is 0.333. The molecule has 1 aromatic heterocycles. The van der Waals surface area contributed by atoms with Gasteiger partial charge in [-0.3, -0.25) is 10.1 Å². The Bertz CT molecular complexity index is 658. The van der Waals surface area contributed by atoms with Gasteiger partial charge in [0.1, 0.15) is 0 Å². The Hall–Kier alpha value is -2.29. The Balaban J connectivity index is 2.29. The summed E-state index contributed by atoms with van der Waals surface area (Å²) >= 11 is 1.27. The Kier molecular flexibility index (Phi) is 4.63. The third kappa shape index (κ3) is 3.24. The summed E-state index contributed by atoms with van der Waals surface area (Å²) in [6, 6.07) is 4.64. The van der Waals surface area contributed by atoms with Gasteiger partial charge in [0.15, 0.2) is 11.6 Å². The van der Waals surface area contributed by atoms with E-state index in [1.165, 1.54) is 22.5 Å². The van der Waals surface area contributed by atoms with Crippen LogP contribution in [0.3, 0.4) is 0 Å². The molecule has 2 rings (SSSR count). The van der Waals surface area contributed by atoms with Gasteiger partial charge in [-0.25, -0.2) is 4.68 Å². The van der Waals surface area contributed by atoms with Crippen molar-refractivity contribution < 1.29 is 9.66 Å². The molecular weight excluding hydrogens is 294 g/mol. The van der Waals surface area contributed by atoms with Crippen LogP contribution in [0.2, 0.25) is 0 Å². The zero-order valence-corrected chi connectivity index (χ0v) is 12.5. The molecule has 0 aliphatic rings. The first-order valence-corrected chi connectivity index (χ1v) is 7.16. The van der Waals surface area contributed by atoms with E-state index in [0.29, 0.717) is 24.0 Å². The molecule has 0 spiro atoms. The maximum atomic E-state index is 10.9. The van der Waals surface area contributed by atoms with Crippen LogP contribution in [-0.2, 0) is 6.42 Å². The number of aryl methyl sites for hydroxylation is 1. The molecule has 2 aromatic rings. The minimum Gasteiger partial charge on any atom is -0.487 e. The molecule has 0 aliphatic heterocycles.